The van der Waals surface area contributed by atoms with Gasteiger partial charge in [0.1, 0.15) is 0 Å². The van der Waals surface area contributed by atoms with Gasteiger partial charge in [-0.25, -0.2) is 9.50 Å². The van der Waals surface area contributed by atoms with Crippen molar-refractivity contribution in [3.8, 4) is 0 Å². The Kier molecular flexibility index (Phi) is 1.81. The lowest BCUT2D eigenvalue weighted by atomic mass is 10.2. The monoisotopic (exact) mass is 201 g/mol. The maximum absolute atomic E-state index is 4.60. The van der Waals surface area contributed by atoms with Gasteiger partial charge in [0, 0.05) is 17.5 Å². The lowest BCUT2D eigenvalue weighted by Gasteiger charge is -2.05. The highest BCUT2D eigenvalue weighted by molar-refractivity contribution is 5.47. The summed E-state index contributed by atoms with van der Waals surface area (Å²) in [5.41, 5.74) is 2.47. The second kappa shape index (κ2) is 3.05. The first-order valence-electron chi connectivity index (χ1n) is 5.60. The summed E-state index contributed by atoms with van der Waals surface area (Å²) in [6, 6.07) is 4.30. The van der Waals surface area contributed by atoms with Crippen LogP contribution in [0.2, 0.25) is 0 Å². The van der Waals surface area contributed by atoms with E-state index in [2.05, 4.69) is 40.6 Å². The Labute approximate surface area is 89.1 Å². The van der Waals surface area contributed by atoms with Crippen molar-refractivity contribution in [3.05, 3.63) is 29.8 Å². The third kappa shape index (κ3) is 1.42. The molecule has 3 rings (SSSR count). The maximum atomic E-state index is 4.60. The molecule has 78 valence electrons. The Hall–Kier alpha value is -1.38. The van der Waals surface area contributed by atoms with Crippen LogP contribution in [0.15, 0.2) is 18.3 Å². The molecule has 0 spiro atoms. The third-order valence-electron chi connectivity index (χ3n) is 2.96. The average Bonchev–Trinajstić information content (AvgIpc) is 2.98. The van der Waals surface area contributed by atoms with E-state index in [9.17, 15) is 0 Å². The van der Waals surface area contributed by atoms with E-state index in [0.29, 0.717) is 5.92 Å². The van der Waals surface area contributed by atoms with Gasteiger partial charge in [-0.2, -0.15) is 5.10 Å². The van der Waals surface area contributed by atoms with Crippen LogP contribution in [0.5, 0.6) is 0 Å². The van der Waals surface area contributed by atoms with Gasteiger partial charge in [-0.3, -0.25) is 0 Å². The number of rotatable bonds is 2. The first-order valence-corrected chi connectivity index (χ1v) is 5.60. The first kappa shape index (κ1) is 8.89. The van der Waals surface area contributed by atoms with Crippen molar-refractivity contribution in [3.63, 3.8) is 0 Å². The smallest absolute Gasteiger partial charge is 0.151 e. The van der Waals surface area contributed by atoms with Crippen LogP contribution in [0, 0.1) is 0 Å². The summed E-state index contributed by atoms with van der Waals surface area (Å²) in [6.07, 6.45) is 4.55. The van der Waals surface area contributed by atoms with Crippen LogP contribution < -0.4 is 0 Å². The number of aromatic nitrogens is 3. The van der Waals surface area contributed by atoms with Gasteiger partial charge in [-0.05, 0) is 25.0 Å². The van der Waals surface area contributed by atoms with E-state index in [1.807, 2.05) is 6.20 Å². The van der Waals surface area contributed by atoms with Gasteiger partial charge < -0.3 is 0 Å². The second-order valence-electron chi connectivity index (χ2n) is 4.64. The molecule has 15 heavy (non-hydrogen) atoms. The molecule has 2 aromatic heterocycles. The zero-order chi connectivity index (χ0) is 10.4. The fourth-order valence-corrected chi connectivity index (χ4v) is 1.89. The summed E-state index contributed by atoms with van der Waals surface area (Å²) in [7, 11) is 0. The van der Waals surface area contributed by atoms with Crippen LogP contribution in [0.1, 0.15) is 50.0 Å². The molecule has 0 N–H and O–H groups in total. The number of hydrogen-bond donors (Lipinski definition) is 0. The number of nitrogens with zero attached hydrogens (tertiary/aromatic N) is 3. The van der Waals surface area contributed by atoms with E-state index in [-0.39, 0.29) is 0 Å². The molecule has 0 aromatic carbocycles. The first-order chi connectivity index (χ1) is 7.25. The van der Waals surface area contributed by atoms with E-state index < -0.39 is 0 Å². The van der Waals surface area contributed by atoms with E-state index >= 15 is 0 Å². The van der Waals surface area contributed by atoms with Crippen molar-refractivity contribution in [1.82, 2.24) is 14.6 Å². The topological polar surface area (TPSA) is 30.2 Å². The van der Waals surface area contributed by atoms with E-state index in [4.69, 9.17) is 0 Å². The highest BCUT2D eigenvalue weighted by atomic mass is 15.3. The summed E-state index contributed by atoms with van der Waals surface area (Å²) in [5.74, 6) is 2.06. The highest BCUT2D eigenvalue weighted by Crippen LogP contribution is 2.40. The fraction of sp³-hybridized carbons (Fsp3) is 0.500. The van der Waals surface area contributed by atoms with Crippen molar-refractivity contribution < 1.29 is 0 Å². The Morgan fingerprint density at radius 2 is 2.13 bits per heavy atom. The standard InChI is InChI=1S/C12H15N3/c1-8(2)12-13-7-10-5-6-11(9-3-4-9)15(10)14-12/h5-9H,3-4H2,1-2H3. The quantitative estimate of drug-likeness (QED) is 0.747. The van der Waals surface area contributed by atoms with Crippen LogP contribution in [-0.4, -0.2) is 14.6 Å². The van der Waals surface area contributed by atoms with Gasteiger partial charge in [0.05, 0.1) is 11.7 Å². The lowest BCUT2D eigenvalue weighted by molar-refractivity contribution is 0.704. The molecular formula is C12H15N3. The van der Waals surface area contributed by atoms with Gasteiger partial charge in [-0.1, -0.05) is 13.8 Å². The summed E-state index contributed by atoms with van der Waals surface area (Å²) in [5, 5.41) is 4.60. The van der Waals surface area contributed by atoms with E-state index in [0.717, 1.165) is 17.3 Å². The predicted molar refractivity (Wildman–Crippen MR) is 59.1 cm³/mol. The Balaban J connectivity index is 2.17. The maximum Gasteiger partial charge on any atom is 0.151 e. The summed E-state index contributed by atoms with van der Waals surface area (Å²) in [4.78, 5) is 4.37. The van der Waals surface area contributed by atoms with Crippen LogP contribution in [0.3, 0.4) is 0 Å². The summed E-state index contributed by atoms with van der Waals surface area (Å²) in [6.45, 7) is 4.25. The molecule has 2 heterocycles. The normalized spacial score (nSPS) is 16.5. The molecule has 0 aliphatic heterocycles. The third-order valence-corrected chi connectivity index (χ3v) is 2.96. The average molecular weight is 201 g/mol. The minimum absolute atomic E-state index is 0.392. The van der Waals surface area contributed by atoms with Crippen molar-refractivity contribution in [2.45, 2.75) is 38.5 Å². The molecule has 2 aromatic rings. The summed E-state index contributed by atoms with van der Waals surface area (Å²) >= 11 is 0. The molecule has 3 nitrogen and oxygen atoms in total. The molecular weight excluding hydrogens is 186 g/mol. The van der Waals surface area contributed by atoms with Crippen molar-refractivity contribution >= 4 is 5.52 Å². The van der Waals surface area contributed by atoms with Gasteiger partial charge in [0.25, 0.3) is 0 Å². The van der Waals surface area contributed by atoms with Crippen LogP contribution in [0.25, 0.3) is 5.52 Å². The SMILES string of the molecule is CC(C)c1ncc2ccc(C3CC3)n2n1. The lowest BCUT2D eigenvalue weighted by Crippen LogP contribution is -2.04. The zero-order valence-corrected chi connectivity index (χ0v) is 9.14. The van der Waals surface area contributed by atoms with Crippen LogP contribution >= 0.6 is 0 Å². The van der Waals surface area contributed by atoms with Gasteiger partial charge >= 0.3 is 0 Å². The molecule has 0 bridgehead atoms. The van der Waals surface area contributed by atoms with Crippen molar-refractivity contribution in [2.24, 2.45) is 0 Å². The van der Waals surface area contributed by atoms with E-state index in [1.165, 1.54) is 18.5 Å². The molecule has 0 radical (unpaired) electrons. The molecule has 1 saturated carbocycles. The molecule has 1 fully saturated rings. The molecule has 3 heteroatoms. The Morgan fingerprint density at radius 3 is 2.80 bits per heavy atom. The molecule has 0 unspecified atom stereocenters. The molecule has 0 saturated heterocycles. The zero-order valence-electron chi connectivity index (χ0n) is 9.14. The van der Waals surface area contributed by atoms with Crippen molar-refractivity contribution in [2.75, 3.05) is 0 Å². The van der Waals surface area contributed by atoms with Crippen LogP contribution in [-0.2, 0) is 0 Å². The minimum atomic E-state index is 0.392. The van der Waals surface area contributed by atoms with Gasteiger partial charge in [0.15, 0.2) is 5.82 Å². The second-order valence-corrected chi connectivity index (χ2v) is 4.64. The Morgan fingerprint density at radius 1 is 1.33 bits per heavy atom. The van der Waals surface area contributed by atoms with E-state index in [1.54, 1.807) is 0 Å². The summed E-state index contributed by atoms with van der Waals surface area (Å²) < 4.78 is 2.07. The van der Waals surface area contributed by atoms with Gasteiger partial charge in [-0.15, -0.1) is 0 Å². The fourth-order valence-electron chi connectivity index (χ4n) is 1.89. The molecule has 0 atom stereocenters. The Bertz CT molecular complexity index is 495. The molecule has 1 aliphatic carbocycles. The molecule has 0 amide bonds. The molecule has 1 aliphatic rings. The highest BCUT2D eigenvalue weighted by Gasteiger charge is 2.26. The largest absolute Gasteiger partial charge is 0.237 e. The number of hydrogen-bond acceptors (Lipinski definition) is 2. The number of fused-ring (bicyclic) bond motifs is 1. The van der Waals surface area contributed by atoms with Crippen molar-refractivity contribution in [1.29, 1.82) is 0 Å². The van der Waals surface area contributed by atoms with Crippen LogP contribution in [0.4, 0.5) is 0 Å². The van der Waals surface area contributed by atoms with Gasteiger partial charge in [0.2, 0.25) is 0 Å². The predicted octanol–water partition coefficient (Wildman–Crippen LogP) is 2.73. The minimum Gasteiger partial charge on any atom is -0.237 e.